The van der Waals surface area contributed by atoms with Gasteiger partial charge >= 0.3 is 0 Å². The molecule has 0 aliphatic rings. The molecule has 0 spiro atoms. The molecule has 0 aliphatic carbocycles. The van der Waals surface area contributed by atoms with Gasteiger partial charge in [-0.05, 0) is 165 Å². The highest BCUT2D eigenvalue weighted by molar-refractivity contribution is 6.22. The zero-order valence-corrected chi connectivity index (χ0v) is 30.2. The van der Waals surface area contributed by atoms with Crippen molar-refractivity contribution < 1.29 is 26.3 Å². The van der Waals surface area contributed by atoms with Crippen LogP contribution in [0.1, 0.15) is 0 Å². The summed E-state index contributed by atoms with van der Waals surface area (Å²) in [5, 5.41) is 5.44. The maximum absolute atomic E-state index is 14.7. The van der Waals surface area contributed by atoms with Crippen LogP contribution in [0.2, 0.25) is 0 Å². The van der Waals surface area contributed by atoms with Crippen molar-refractivity contribution in [3.63, 3.8) is 0 Å². The first kappa shape index (κ1) is 34.0. The lowest BCUT2D eigenvalue weighted by atomic mass is 9.85. The van der Waals surface area contributed by atoms with Crippen LogP contribution in [0, 0.1) is 34.9 Å². The van der Waals surface area contributed by atoms with Crippen molar-refractivity contribution in [2.75, 3.05) is 0 Å². The first-order chi connectivity index (χ1) is 28.2. The molecule has 0 saturated carbocycles. The van der Waals surface area contributed by atoms with Crippen molar-refractivity contribution in [2.24, 2.45) is 0 Å². The van der Waals surface area contributed by atoms with Gasteiger partial charge in [0.1, 0.15) is 34.9 Å². The molecule has 0 atom stereocenters. The van der Waals surface area contributed by atoms with Crippen molar-refractivity contribution in [3.05, 3.63) is 193 Å². The van der Waals surface area contributed by atoms with Crippen LogP contribution in [-0.2, 0) is 0 Å². The smallest absolute Gasteiger partial charge is 0.123 e. The minimum absolute atomic E-state index is 0.396. The fourth-order valence-corrected chi connectivity index (χ4v) is 8.83. The predicted molar refractivity (Wildman–Crippen MR) is 221 cm³/mol. The van der Waals surface area contributed by atoms with E-state index in [1.807, 2.05) is 45.5 Å². The van der Waals surface area contributed by atoms with Crippen molar-refractivity contribution in [1.29, 1.82) is 0 Å². The van der Waals surface area contributed by atoms with Gasteiger partial charge in [-0.1, -0.05) is 36.4 Å². The average molecular weight is 769 g/mol. The summed E-state index contributed by atoms with van der Waals surface area (Å²) in [6, 6.07) is 42.3. The Hall–Kier alpha value is -7.32. The summed E-state index contributed by atoms with van der Waals surface area (Å²) in [7, 11) is 0. The SMILES string of the molecule is Fc1ccc(-c2c3ccc(-n4c5ccc(F)cc5c5cc(F)ccc54)cc3c(-c3ccc(F)cc3)c3ccc(-n4c5ccc(F)cc5c5cc(F)ccc54)cc23)cc1. The third kappa shape index (κ3) is 5.14. The van der Waals surface area contributed by atoms with E-state index in [0.717, 1.165) is 55.2 Å². The lowest BCUT2D eigenvalue weighted by molar-refractivity contribution is 0.627. The topological polar surface area (TPSA) is 9.86 Å². The van der Waals surface area contributed by atoms with Crippen LogP contribution in [0.25, 0.3) is 98.8 Å². The molecule has 0 radical (unpaired) electrons. The van der Waals surface area contributed by atoms with Gasteiger partial charge in [0.15, 0.2) is 0 Å². The molecule has 9 aromatic carbocycles. The first-order valence-corrected chi connectivity index (χ1v) is 18.5. The quantitative estimate of drug-likeness (QED) is 0.125. The second-order valence-corrected chi connectivity index (χ2v) is 14.5. The largest absolute Gasteiger partial charge is 0.309 e. The summed E-state index contributed by atoms with van der Waals surface area (Å²) in [6.45, 7) is 0. The lowest BCUT2D eigenvalue weighted by Gasteiger charge is -2.20. The van der Waals surface area contributed by atoms with Crippen molar-refractivity contribution in [2.45, 2.75) is 0 Å². The summed E-state index contributed by atoms with van der Waals surface area (Å²) in [6.07, 6.45) is 0. The fraction of sp³-hybridized carbons (Fsp3) is 0. The van der Waals surface area contributed by atoms with Crippen LogP contribution in [0.5, 0.6) is 0 Å². The van der Waals surface area contributed by atoms with Gasteiger partial charge in [0, 0.05) is 32.9 Å². The van der Waals surface area contributed by atoms with Gasteiger partial charge in [0.2, 0.25) is 0 Å². The van der Waals surface area contributed by atoms with E-state index in [-0.39, 0.29) is 0 Å². The second-order valence-electron chi connectivity index (χ2n) is 14.5. The molecule has 58 heavy (non-hydrogen) atoms. The number of hydrogen-bond acceptors (Lipinski definition) is 0. The lowest BCUT2D eigenvalue weighted by Crippen LogP contribution is -1.98. The van der Waals surface area contributed by atoms with Crippen LogP contribution in [0.15, 0.2) is 158 Å². The second kappa shape index (κ2) is 12.6. The maximum Gasteiger partial charge on any atom is 0.123 e. The first-order valence-electron chi connectivity index (χ1n) is 18.5. The molecule has 2 aromatic heterocycles. The van der Waals surface area contributed by atoms with Crippen LogP contribution in [0.3, 0.4) is 0 Å². The number of benzene rings is 9. The highest BCUT2D eigenvalue weighted by Crippen LogP contribution is 2.46. The van der Waals surface area contributed by atoms with Crippen molar-refractivity contribution >= 4 is 65.2 Å². The number of hydrogen-bond donors (Lipinski definition) is 0. The van der Waals surface area contributed by atoms with E-state index in [9.17, 15) is 26.3 Å². The standard InChI is InChI=1S/C50H26F6N2/c51-29-5-1-27(2-6-29)49-37-15-13-36(58-47-19-11-33(55)23-41(47)42-24-34(56)12-20-48(42)58)26-44(37)50(28-3-7-30(52)8-4-28)38-16-14-35(25-43(38)49)57-45-17-9-31(53)21-39(45)40-22-32(54)10-18-46(40)57/h1-26H. The summed E-state index contributed by atoms with van der Waals surface area (Å²) < 4.78 is 91.6. The highest BCUT2D eigenvalue weighted by atomic mass is 19.1. The predicted octanol–water partition coefficient (Wildman–Crippen LogP) is 14.4. The van der Waals surface area contributed by atoms with E-state index in [0.29, 0.717) is 43.6 Å². The molecular weight excluding hydrogens is 743 g/mol. The Labute approximate surface area is 326 Å². The van der Waals surface area contributed by atoms with Gasteiger partial charge in [0.25, 0.3) is 0 Å². The van der Waals surface area contributed by atoms with Gasteiger partial charge in [0.05, 0.1) is 22.1 Å². The summed E-state index contributed by atoms with van der Waals surface area (Å²) >= 11 is 0. The van der Waals surface area contributed by atoms with Gasteiger partial charge < -0.3 is 9.13 Å². The molecule has 8 heteroatoms. The number of halogens is 6. The molecule has 0 bridgehead atoms. The van der Waals surface area contributed by atoms with Crippen molar-refractivity contribution in [1.82, 2.24) is 9.13 Å². The summed E-state index contributed by atoms with van der Waals surface area (Å²) in [4.78, 5) is 0. The number of nitrogens with zero attached hydrogens (tertiary/aromatic N) is 2. The van der Waals surface area contributed by atoms with E-state index in [1.54, 1.807) is 48.5 Å². The molecule has 2 heterocycles. The molecular formula is C50H26F6N2. The Bertz CT molecular complexity index is 3160. The molecule has 0 fully saturated rings. The zero-order valence-electron chi connectivity index (χ0n) is 30.2. The Morgan fingerprint density at radius 3 is 0.845 bits per heavy atom. The van der Waals surface area contributed by atoms with E-state index < -0.39 is 34.9 Å². The van der Waals surface area contributed by atoms with Gasteiger partial charge in [-0.25, -0.2) is 26.3 Å². The van der Waals surface area contributed by atoms with Gasteiger partial charge in [-0.3, -0.25) is 0 Å². The Kier molecular flexibility index (Phi) is 7.38. The summed E-state index contributed by atoms with van der Waals surface area (Å²) in [5.41, 5.74) is 7.24. The normalized spacial score (nSPS) is 12.0. The average Bonchev–Trinajstić information content (AvgIpc) is 3.71. The van der Waals surface area contributed by atoms with Gasteiger partial charge in [-0.15, -0.1) is 0 Å². The van der Waals surface area contributed by atoms with Crippen LogP contribution >= 0.6 is 0 Å². The molecule has 0 saturated heterocycles. The minimum atomic E-state index is -0.442. The molecule has 2 nitrogen and oxygen atoms in total. The van der Waals surface area contributed by atoms with Crippen LogP contribution in [-0.4, -0.2) is 9.13 Å². The molecule has 0 N–H and O–H groups in total. The highest BCUT2D eigenvalue weighted by Gasteiger charge is 2.22. The van der Waals surface area contributed by atoms with E-state index in [4.69, 9.17) is 0 Å². The Morgan fingerprint density at radius 2 is 0.534 bits per heavy atom. The third-order valence-electron chi connectivity index (χ3n) is 11.2. The van der Waals surface area contributed by atoms with E-state index in [2.05, 4.69) is 0 Å². The number of fused-ring (bicyclic) bond motifs is 8. The van der Waals surface area contributed by atoms with Crippen molar-refractivity contribution in [3.8, 4) is 33.6 Å². The minimum Gasteiger partial charge on any atom is -0.309 e. The molecule has 0 amide bonds. The van der Waals surface area contributed by atoms with Crippen LogP contribution in [0.4, 0.5) is 26.3 Å². The Morgan fingerprint density at radius 1 is 0.241 bits per heavy atom. The van der Waals surface area contributed by atoms with Gasteiger partial charge in [-0.2, -0.15) is 0 Å². The van der Waals surface area contributed by atoms with E-state index >= 15 is 0 Å². The zero-order chi connectivity index (χ0) is 39.4. The molecule has 0 aliphatic heterocycles. The number of aromatic nitrogens is 2. The fourth-order valence-electron chi connectivity index (χ4n) is 8.83. The summed E-state index contributed by atoms with van der Waals surface area (Å²) in [5.74, 6) is -2.56. The van der Waals surface area contributed by atoms with Crippen LogP contribution < -0.4 is 0 Å². The monoisotopic (exact) mass is 768 g/mol. The molecule has 278 valence electrons. The maximum atomic E-state index is 14.7. The molecule has 11 aromatic rings. The van der Waals surface area contributed by atoms with E-state index in [1.165, 1.54) is 72.8 Å². The Balaban J connectivity index is 1.28. The third-order valence-corrected chi connectivity index (χ3v) is 11.2. The molecule has 11 rings (SSSR count). The number of rotatable bonds is 4. The molecule has 0 unspecified atom stereocenters.